The molecule has 3 aromatic rings. The maximum atomic E-state index is 13.2. The van der Waals surface area contributed by atoms with E-state index in [9.17, 15) is 19.3 Å². The predicted molar refractivity (Wildman–Crippen MR) is 101 cm³/mol. The number of nitro benzene ring substituents is 1. The number of anilines is 1. The highest BCUT2D eigenvalue weighted by Crippen LogP contribution is 2.28. The summed E-state index contributed by atoms with van der Waals surface area (Å²) in [6.07, 6.45) is 0. The molecule has 0 heterocycles. The van der Waals surface area contributed by atoms with Crippen molar-refractivity contribution in [3.05, 3.63) is 88.2 Å². The van der Waals surface area contributed by atoms with Gasteiger partial charge >= 0.3 is 5.69 Å². The minimum atomic E-state index is -0.617. The third-order valence-electron chi connectivity index (χ3n) is 3.78. The van der Waals surface area contributed by atoms with Crippen LogP contribution in [-0.4, -0.2) is 17.9 Å². The number of nitrogens with one attached hydrogen (secondary N) is 1. The van der Waals surface area contributed by atoms with Crippen molar-refractivity contribution in [3.8, 4) is 17.2 Å². The summed E-state index contributed by atoms with van der Waals surface area (Å²) < 4.78 is 23.6. The second-order valence-electron chi connectivity index (χ2n) is 5.68. The Hall–Kier alpha value is -3.94. The fourth-order valence-corrected chi connectivity index (χ4v) is 2.45. The topological polar surface area (TPSA) is 90.7 Å². The quantitative estimate of drug-likeness (QED) is 0.489. The molecule has 0 aliphatic heterocycles. The van der Waals surface area contributed by atoms with Crippen molar-refractivity contribution in [2.45, 2.75) is 0 Å². The van der Waals surface area contributed by atoms with E-state index in [-0.39, 0.29) is 17.0 Å². The molecule has 0 spiro atoms. The molecule has 0 atom stereocenters. The molecule has 0 unspecified atom stereocenters. The molecular weight excluding hydrogens is 367 g/mol. The summed E-state index contributed by atoms with van der Waals surface area (Å²) >= 11 is 0. The minimum Gasteiger partial charge on any atom is -0.490 e. The van der Waals surface area contributed by atoms with Gasteiger partial charge in [0.1, 0.15) is 17.3 Å². The molecule has 8 heteroatoms. The summed E-state index contributed by atoms with van der Waals surface area (Å²) in [6, 6.07) is 16.1. The van der Waals surface area contributed by atoms with Crippen LogP contribution in [0.3, 0.4) is 0 Å². The molecule has 0 bridgehead atoms. The minimum absolute atomic E-state index is 0.0698. The van der Waals surface area contributed by atoms with Gasteiger partial charge in [-0.2, -0.15) is 0 Å². The molecule has 1 amide bonds. The van der Waals surface area contributed by atoms with Crippen LogP contribution in [0.5, 0.6) is 17.2 Å². The Morgan fingerprint density at radius 3 is 2.43 bits per heavy atom. The summed E-state index contributed by atoms with van der Waals surface area (Å²) in [4.78, 5) is 22.8. The lowest BCUT2D eigenvalue weighted by molar-refractivity contribution is -0.385. The zero-order valence-corrected chi connectivity index (χ0v) is 14.7. The zero-order chi connectivity index (χ0) is 20.1. The number of nitro groups is 1. The molecule has 7 nitrogen and oxygen atoms in total. The molecule has 1 N–H and O–H groups in total. The molecule has 142 valence electrons. The maximum Gasteiger partial charge on any atom is 0.311 e. The summed E-state index contributed by atoms with van der Waals surface area (Å²) in [7, 11) is 1.32. The number of halogens is 1. The molecule has 0 aliphatic rings. The van der Waals surface area contributed by atoms with Gasteiger partial charge in [-0.25, -0.2) is 4.39 Å². The fraction of sp³-hybridized carbons (Fsp3) is 0.0500. The van der Waals surface area contributed by atoms with E-state index in [0.717, 1.165) is 6.07 Å². The van der Waals surface area contributed by atoms with Crippen LogP contribution < -0.4 is 14.8 Å². The summed E-state index contributed by atoms with van der Waals surface area (Å²) in [5, 5.41) is 13.7. The van der Waals surface area contributed by atoms with Crippen LogP contribution in [0.1, 0.15) is 10.4 Å². The van der Waals surface area contributed by atoms with Crippen molar-refractivity contribution in [3.63, 3.8) is 0 Å². The van der Waals surface area contributed by atoms with Gasteiger partial charge in [0.25, 0.3) is 5.91 Å². The van der Waals surface area contributed by atoms with Crippen molar-refractivity contribution in [1.82, 2.24) is 0 Å². The lowest BCUT2D eigenvalue weighted by Crippen LogP contribution is -2.12. The SMILES string of the molecule is COc1ccc(C(=O)Nc2ccc(Oc3cccc(F)c3)cc2)cc1[N+](=O)[O-]. The van der Waals surface area contributed by atoms with Gasteiger partial charge in [0.15, 0.2) is 5.75 Å². The Kier molecular flexibility index (Phi) is 5.50. The Morgan fingerprint density at radius 1 is 1.04 bits per heavy atom. The molecule has 3 aromatic carbocycles. The van der Waals surface area contributed by atoms with Gasteiger partial charge in [0.2, 0.25) is 0 Å². The van der Waals surface area contributed by atoms with E-state index in [4.69, 9.17) is 9.47 Å². The highest BCUT2D eigenvalue weighted by Gasteiger charge is 2.18. The molecule has 3 rings (SSSR count). The third kappa shape index (κ3) is 4.42. The maximum absolute atomic E-state index is 13.2. The Morgan fingerprint density at radius 2 is 1.79 bits per heavy atom. The number of benzene rings is 3. The van der Waals surface area contributed by atoms with Crippen LogP contribution in [0.15, 0.2) is 66.7 Å². The molecule has 0 saturated heterocycles. The van der Waals surface area contributed by atoms with Gasteiger partial charge < -0.3 is 14.8 Å². The Balaban J connectivity index is 1.71. The van der Waals surface area contributed by atoms with E-state index in [0.29, 0.717) is 17.2 Å². The van der Waals surface area contributed by atoms with Crippen molar-refractivity contribution in [1.29, 1.82) is 0 Å². The van der Waals surface area contributed by atoms with Crippen LogP contribution in [0.4, 0.5) is 15.8 Å². The zero-order valence-electron chi connectivity index (χ0n) is 14.7. The summed E-state index contributed by atoms with van der Waals surface area (Å²) in [6.45, 7) is 0. The summed E-state index contributed by atoms with van der Waals surface area (Å²) in [5.74, 6) is -0.0362. The molecule has 28 heavy (non-hydrogen) atoms. The van der Waals surface area contributed by atoms with Crippen molar-refractivity contribution in [2.24, 2.45) is 0 Å². The van der Waals surface area contributed by atoms with Gasteiger partial charge in [0, 0.05) is 23.4 Å². The van der Waals surface area contributed by atoms with Crippen LogP contribution >= 0.6 is 0 Å². The van der Waals surface area contributed by atoms with E-state index in [1.54, 1.807) is 30.3 Å². The first-order valence-corrected chi connectivity index (χ1v) is 8.13. The second-order valence-corrected chi connectivity index (χ2v) is 5.68. The normalized spacial score (nSPS) is 10.2. The number of hydrogen-bond acceptors (Lipinski definition) is 5. The van der Waals surface area contributed by atoms with E-state index in [1.165, 1.54) is 37.4 Å². The number of methoxy groups -OCH3 is 1. The number of ether oxygens (including phenoxy) is 2. The third-order valence-corrected chi connectivity index (χ3v) is 3.78. The first kappa shape index (κ1) is 18.8. The lowest BCUT2D eigenvalue weighted by atomic mass is 10.1. The number of rotatable bonds is 6. The number of hydrogen-bond donors (Lipinski definition) is 1. The second kappa shape index (κ2) is 8.17. The molecular formula is C20H15FN2O5. The van der Waals surface area contributed by atoms with Crippen LogP contribution in [0.25, 0.3) is 0 Å². The Bertz CT molecular complexity index is 1020. The van der Waals surface area contributed by atoms with E-state index in [2.05, 4.69) is 5.32 Å². The van der Waals surface area contributed by atoms with Crippen molar-refractivity contribution in [2.75, 3.05) is 12.4 Å². The van der Waals surface area contributed by atoms with Crippen molar-refractivity contribution >= 4 is 17.3 Å². The number of nitrogens with zero attached hydrogens (tertiary/aromatic N) is 1. The van der Waals surface area contributed by atoms with Crippen LogP contribution in [0, 0.1) is 15.9 Å². The summed E-state index contributed by atoms with van der Waals surface area (Å²) in [5.41, 5.74) is 0.289. The Labute approximate surface area is 159 Å². The van der Waals surface area contributed by atoms with E-state index >= 15 is 0 Å². The van der Waals surface area contributed by atoms with Gasteiger partial charge in [-0.3, -0.25) is 14.9 Å². The van der Waals surface area contributed by atoms with Gasteiger partial charge in [-0.1, -0.05) is 6.07 Å². The standard InChI is InChI=1S/C20H15FN2O5/c1-27-19-10-5-13(11-18(19)23(25)26)20(24)22-15-6-8-16(9-7-15)28-17-4-2-3-14(21)12-17/h2-12H,1H3,(H,22,24). The smallest absolute Gasteiger partial charge is 0.311 e. The fourth-order valence-electron chi connectivity index (χ4n) is 2.45. The van der Waals surface area contributed by atoms with Crippen molar-refractivity contribution < 1.29 is 23.6 Å². The van der Waals surface area contributed by atoms with E-state index in [1.807, 2.05) is 0 Å². The largest absolute Gasteiger partial charge is 0.490 e. The van der Waals surface area contributed by atoms with Gasteiger partial charge in [-0.05, 0) is 48.5 Å². The van der Waals surface area contributed by atoms with Gasteiger partial charge in [0.05, 0.1) is 12.0 Å². The number of amides is 1. The van der Waals surface area contributed by atoms with Crippen LogP contribution in [0.2, 0.25) is 0 Å². The highest BCUT2D eigenvalue weighted by molar-refractivity contribution is 6.04. The van der Waals surface area contributed by atoms with E-state index < -0.39 is 16.6 Å². The average molecular weight is 382 g/mol. The molecule has 0 fully saturated rings. The monoisotopic (exact) mass is 382 g/mol. The highest BCUT2D eigenvalue weighted by atomic mass is 19.1. The first-order chi connectivity index (χ1) is 13.5. The number of carbonyl (C=O) groups is 1. The van der Waals surface area contributed by atoms with Gasteiger partial charge in [-0.15, -0.1) is 0 Å². The molecule has 0 aromatic heterocycles. The first-order valence-electron chi connectivity index (χ1n) is 8.13. The van der Waals surface area contributed by atoms with Crippen LogP contribution in [-0.2, 0) is 0 Å². The number of carbonyl (C=O) groups excluding carboxylic acids is 1. The average Bonchev–Trinajstić information content (AvgIpc) is 2.69. The lowest BCUT2D eigenvalue weighted by Gasteiger charge is -2.09. The predicted octanol–water partition coefficient (Wildman–Crippen LogP) is 4.79. The molecule has 0 radical (unpaired) electrons. The molecule has 0 saturated carbocycles. The molecule has 0 aliphatic carbocycles.